The molecule has 23 heavy (non-hydrogen) atoms. The lowest BCUT2D eigenvalue weighted by Gasteiger charge is -2.19. The second-order valence-corrected chi connectivity index (χ2v) is 4.98. The van der Waals surface area contributed by atoms with Gasteiger partial charge in [-0.1, -0.05) is 6.92 Å². The molecule has 1 aromatic carbocycles. The van der Waals surface area contributed by atoms with Gasteiger partial charge in [0.15, 0.2) is 17.3 Å². The molecule has 126 valence electrons. The Morgan fingerprint density at radius 1 is 1.26 bits per heavy atom. The molecule has 0 unspecified atom stereocenters. The predicted molar refractivity (Wildman–Crippen MR) is 81.0 cm³/mol. The molecule has 0 saturated heterocycles. The molecule has 0 saturated carbocycles. The molecule has 1 amide bonds. The first kappa shape index (κ1) is 18.6. The lowest BCUT2D eigenvalue weighted by molar-refractivity contribution is -0.144. The van der Waals surface area contributed by atoms with Gasteiger partial charge in [-0.2, -0.15) is 0 Å². The van der Waals surface area contributed by atoms with E-state index in [0.29, 0.717) is 13.0 Å². The summed E-state index contributed by atoms with van der Waals surface area (Å²) in [5.41, 5.74) is 0.149. The number of ketones is 1. The summed E-state index contributed by atoms with van der Waals surface area (Å²) in [6.07, 6.45) is 0.404. The molecule has 0 aliphatic heterocycles. The van der Waals surface area contributed by atoms with Crippen molar-refractivity contribution in [3.05, 3.63) is 29.6 Å². The Kier molecular flexibility index (Phi) is 7.18. The van der Waals surface area contributed by atoms with Gasteiger partial charge in [0.05, 0.1) is 7.11 Å². The number of hydrogen-bond donors (Lipinski definition) is 1. The molecule has 0 atom stereocenters. The van der Waals surface area contributed by atoms with E-state index in [1.165, 1.54) is 24.1 Å². The zero-order valence-corrected chi connectivity index (χ0v) is 13.2. The average Bonchev–Trinajstić information content (AvgIpc) is 2.51. The highest BCUT2D eigenvalue weighted by Gasteiger charge is 2.18. The van der Waals surface area contributed by atoms with E-state index >= 15 is 0 Å². The number of nitrogens with zero attached hydrogens (tertiary/aromatic N) is 1. The Morgan fingerprint density at radius 2 is 1.96 bits per heavy atom. The van der Waals surface area contributed by atoms with Crippen LogP contribution in [0.2, 0.25) is 0 Å². The molecule has 1 rings (SSSR count). The molecular formula is C16H20FNO5. The fourth-order valence-electron chi connectivity index (χ4n) is 2.09. The first-order valence-corrected chi connectivity index (χ1v) is 7.25. The molecule has 0 bridgehead atoms. The zero-order valence-electron chi connectivity index (χ0n) is 13.2. The number of hydrogen-bond acceptors (Lipinski definition) is 4. The molecule has 7 heteroatoms. The molecule has 6 nitrogen and oxygen atoms in total. The highest BCUT2D eigenvalue weighted by molar-refractivity contribution is 5.98. The van der Waals surface area contributed by atoms with E-state index in [9.17, 15) is 18.8 Å². The quantitative estimate of drug-likeness (QED) is 0.703. The van der Waals surface area contributed by atoms with Crippen LogP contribution in [0, 0.1) is 5.82 Å². The van der Waals surface area contributed by atoms with Gasteiger partial charge in [0.2, 0.25) is 5.91 Å². The topological polar surface area (TPSA) is 83.9 Å². The summed E-state index contributed by atoms with van der Waals surface area (Å²) < 4.78 is 18.3. The maximum Gasteiger partial charge on any atom is 0.323 e. The highest BCUT2D eigenvalue weighted by Crippen LogP contribution is 2.19. The van der Waals surface area contributed by atoms with Crippen molar-refractivity contribution in [2.24, 2.45) is 0 Å². The summed E-state index contributed by atoms with van der Waals surface area (Å²) in [5.74, 6) is -2.50. The Bertz CT molecular complexity index is 588. The van der Waals surface area contributed by atoms with Crippen LogP contribution in [0.3, 0.4) is 0 Å². The van der Waals surface area contributed by atoms with Gasteiger partial charge in [-0.3, -0.25) is 14.4 Å². The molecule has 0 spiro atoms. The van der Waals surface area contributed by atoms with Crippen LogP contribution in [0.25, 0.3) is 0 Å². The van der Waals surface area contributed by atoms with Gasteiger partial charge < -0.3 is 14.7 Å². The number of Topliss-reactive ketones (excluding diaryl/α,β-unsaturated/α-hetero) is 1. The highest BCUT2D eigenvalue weighted by atomic mass is 19.1. The lowest BCUT2D eigenvalue weighted by Crippen LogP contribution is -2.36. The van der Waals surface area contributed by atoms with Gasteiger partial charge in [0.1, 0.15) is 6.54 Å². The second-order valence-electron chi connectivity index (χ2n) is 4.98. The molecule has 1 N–H and O–H groups in total. The van der Waals surface area contributed by atoms with Crippen molar-refractivity contribution in [1.29, 1.82) is 0 Å². The van der Waals surface area contributed by atoms with Crippen molar-refractivity contribution in [1.82, 2.24) is 4.90 Å². The van der Waals surface area contributed by atoms with Crippen LogP contribution in [0.4, 0.5) is 4.39 Å². The van der Waals surface area contributed by atoms with E-state index in [1.54, 1.807) is 0 Å². The lowest BCUT2D eigenvalue weighted by atomic mass is 10.1. The molecule has 0 fully saturated rings. The summed E-state index contributed by atoms with van der Waals surface area (Å²) in [5, 5.41) is 8.78. The number of amides is 1. The van der Waals surface area contributed by atoms with Gasteiger partial charge in [-0.05, 0) is 24.6 Å². The number of rotatable bonds is 9. The molecule has 0 aromatic heterocycles. The van der Waals surface area contributed by atoms with Crippen LogP contribution in [-0.4, -0.2) is 47.9 Å². The van der Waals surface area contributed by atoms with Crippen molar-refractivity contribution in [3.63, 3.8) is 0 Å². The Balaban J connectivity index is 2.65. The van der Waals surface area contributed by atoms with Gasteiger partial charge >= 0.3 is 5.97 Å². The molecule has 0 aliphatic rings. The minimum absolute atomic E-state index is 0.0354. The third kappa shape index (κ3) is 5.69. The van der Waals surface area contributed by atoms with E-state index < -0.39 is 24.2 Å². The smallest absolute Gasteiger partial charge is 0.323 e. The third-order valence-corrected chi connectivity index (χ3v) is 3.21. The van der Waals surface area contributed by atoms with Crippen LogP contribution in [0.1, 0.15) is 36.5 Å². The summed E-state index contributed by atoms with van der Waals surface area (Å²) in [7, 11) is 1.32. The van der Waals surface area contributed by atoms with E-state index in [0.717, 1.165) is 6.07 Å². The molecular weight excluding hydrogens is 305 g/mol. The van der Waals surface area contributed by atoms with Crippen molar-refractivity contribution in [2.45, 2.75) is 26.2 Å². The fourth-order valence-corrected chi connectivity index (χ4v) is 2.09. The van der Waals surface area contributed by atoms with Crippen molar-refractivity contribution in [2.75, 3.05) is 20.2 Å². The minimum Gasteiger partial charge on any atom is -0.494 e. The van der Waals surface area contributed by atoms with E-state index in [-0.39, 0.29) is 29.9 Å². The first-order valence-electron chi connectivity index (χ1n) is 7.25. The van der Waals surface area contributed by atoms with Gasteiger partial charge in [-0.15, -0.1) is 0 Å². The van der Waals surface area contributed by atoms with Gasteiger partial charge in [0.25, 0.3) is 0 Å². The second kappa shape index (κ2) is 8.87. The third-order valence-electron chi connectivity index (χ3n) is 3.21. The van der Waals surface area contributed by atoms with Crippen LogP contribution >= 0.6 is 0 Å². The van der Waals surface area contributed by atoms with Crippen molar-refractivity contribution < 1.29 is 28.6 Å². The number of carboxylic acid groups (broad SMARTS) is 1. The van der Waals surface area contributed by atoms with Gasteiger partial charge in [-0.25, -0.2) is 4.39 Å². The standard InChI is InChI=1S/C16H20FNO5/c1-3-8-18(10-16(21)22)15(20)7-5-13(19)11-4-6-14(23-2)12(17)9-11/h4,6,9H,3,5,7-8,10H2,1-2H3,(H,21,22). The number of carboxylic acids is 1. The van der Waals surface area contributed by atoms with Crippen molar-refractivity contribution in [3.8, 4) is 5.75 Å². The zero-order chi connectivity index (χ0) is 17.4. The Labute approximate surface area is 133 Å². The number of aliphatic carboxylic acids is 1. The van der Waals surface area contributed by atoms with Crippen molar-refractivity contribution >= 4 is 17.7 Å². The molecule has 0 aliphatic carbocycles. The van der Waals surface area contributed by atoms with E-state index in [4.69, 9.17) is 9.84 Å². The minimum atomic E-state index is -1.10. The molecule has 1 aromatic rings. The monoisotopic (exact) mass is 325 g/mol. The van der Waals surface area contributed by atoms with Crippen LogP contribution in [0.15, 0.2) is 18.2 Å². The van der Waals surface area contributed by atoms with Gasteiger partial charge in [0, 0.05) is 24.9 Å². The number of halogens is 1. The number of benzene rings is 1. The normalized spacial score (nSPS) is 10.2. The summed E-state index contributed by atoms with van der Waals surface area (Å²) in [6, 6.07) is 3.83. The Hall–Kier alpha value is -2.44. The fraction of sp³-hybridized carbons (Fsp3) is 0.438. The average molecular weight is 325 g/mol. The molecule has 0 radical (unpaired) electrons. The Morgan fingerprint density at radius 3 is 2.48 bits per heavy atom. The summed E-state index contributed by atoms with van der Waals surface area (Å²) in [6.45, 7) is 1.75. The first-order chi connectivity index (χ1) is 10.9. The van der Waals surface area contributed by atoms with E-state index in [2.05, 4.69) is 0 Å². The summed E-state index contributed by atoms with van der Waals surface area (Å²) in [4.78, 5) is 35.9. The van der Waals surface area contributed by atoms with E-state index in [1.807, 2.05) is 6.92 Å². The number of carbonyl (C=O) groups is 3. The largest absolute Gasteiger partial charge is 0.494 e. The maximum atomic E-state index is 13.6. The maximum absolute atomic E-state index is 13.6. The SMILES string of the molecule is CCCN(CC(=O)O)C(=O)CCC(=O)c1ccc(OC)c(F)c1. The number of carbonyl (C=O) groups excluding carboxylic acids is 2. The van der Waals surface area contributed by atoms with Crippen LogP contribution in [0.5, 0.6) is 5.75 Å². The number of ether oxygens (including phenoxy) is 1. The summed E-state index contributed by atoms with van der Waals surface area (Å²) >= 11 is 0. The predicted octanol–water partition coefficient (Wildman–Crippen LogP) is 2.12. The van der Waals surface area contributed by atoms with Crippen LogP contribution in [-0.2, 0) is 9.59 Å². The number of methoxy groups -OCH3 is 1. The molecule has 0 heterocycles. The van der Waals surface area contributed by atoms with Crippen LogP contribution < -0.4 is 4.74 Å².